The number of nitrogens with one attached hydrogen (secondary N) is 2. The van der Waals surface area contributed by atoms with Crippen LogP contribution in [0.25, 0.3) is 0 Å². The van der Waals surface area contributed by atoms with Crippen LogP contribution in [0, 0.1) is 0 Å². The van der Waals surface area contributed by atoms with Gasteiger partial charge >= 0.3 is 0 Å². The molecule has 0 atom stereocenters. The van der Waals surface area contributed by atoms with E-state index in [1.807, 2.05) is 0 Å². The van der Waals surface area contributed by atoms with E-state index in [0.29, 0.717) is 14.5 Å². The summed E-state index contributed by atoms with van der Waals surface area (Å²) >= 11 is 13.4. The Balaban J connectivity index is 1.91. The fourth-order valence-electron chi connectivity index (χ4n) is 2.16. The zero-order valence-electron chi connectivity index (χ0n) is 13.4. The summed E-state index contributed by atoms with van der Waals surface area (Å²) in [6, 6.07) is 14.7. The number of rotatable bonds is 5. The number of carbonyl (C=O) groups is 1. The first-order valence-corrected chi connectivity index (χ1v) is 11.7. The van der Waals surface area contributed by atoms with Crippen LogP contribution in [0.5, 0.6) is 0 Å². The number of hydrogen-bond acceptors (Lipinski definition) is 4. The number of sulfonamides is 1. The molecule has 0 aliphatic rings. The molecular weight excluding hydrogens is 540 g/mol. The molecular formula is C17H11Br2ClN2O3S2. The van der Waals surface area contributed by atoms with Crippen molar-refractivity contribution in [3.63, 3.8) is 0 Å². The van der Waals surface area contributed by atoms with Crippen LogP contribution in [0.4, 0.5) is 11.4 Å². The van der Waals surface area contributed by atoms with E-state index in [1.54, 1.807) is 36.4 Å². The molecule has 140 valence electrons. The molecule has 2 aromatic carbocycles. The Kier molecular flexibility index (Phi) is 6.27. The monoisotopic (exact) mass is 548 g/mol. The summed E-state index contributed by atoms with van der Waals surface area (Å²) < 4.78 is 29.5. The van der Waals surface area contributed by atoms with Crippen LogP contribution in [0.1, 0.15) is 10.4 Å². The van der Waals surface area contributed by atoms with Crippen molar-refractivity contribution in [1.82, 2.24) is 0 Å². The van der Waals surface area contributed by atoms with Crippen molar-refractivity contribution in [2.75, 3.05) is 10.0 Å². The lowest BCUT2D eigenvalue weighted by Gasteiger charge is -2.13. The van der Waals surface area contributed by atoms with Gasteiger partial charge in [0, 0.05) is 14.6 Å². The summed E-state index contributed by atoms with van der Waals surface area (Å²) in [5.41, 5.74) is 0.929. The van der Waals surface area contributed by atoms with Gasteiger partial charge in [0.2, 0.25) is 0 Å². The summed E-state index contributed by atoms with van der Waals surface area (Å²) in [7, 11) is -3.86. The van der Waals surface area contributed by atoms with E-state index < -0.39 is 15.9 Å². The fraction of sp³-hybridized carbons (Fsp3) is 0. The van der Waals surface area contributed by atoms with Gasteiger partial charge in [0.15, 0.2) is 0 Å². The highest BCUT2D eigenvalue weighted by molar-refractivity contribution is 9.10. The maximum absolute atomic E-state index is 12.7. The molecule has 1 amide bonds. The Hall–Kier alpha value is -1.39. The molecule has 0 aliphatic carbocycles. The van der Waals surface area contributed by atoms with Crippen molar-refractivity contribution in [3.8, 4) is 0 Å². The third kappa shape index (κ3) is 5.11. The Labute approximate surface area is 182 Å². The van der Waals surface area contributed by atoms with Crippen molar-refractivity contribution < 1.29 is 13.2 Å². The summed E-state index contributed by atoms with van der Waals surface area (Å²) in [5, 5.41) is 2.75. The maximum Gasteiger partial charge on any atom is 0.271 e. The average Bonchev–Trinajstić information content (AvgIpc) is 3.06. The summed E-state index contributed by atoms with van der Waals surface area (Å²) in [4.78, 5) is 12.7. The molecule has 27 heavy (non-hydrogen) atoms. The van der Waals surface area contributed by atoms with Gasteiger partial charge in [-0.05, 0) is 54.6 Å². The van der Waals surface area contributed by atoms with E-state index in [-0.39, 0.29) is 15.5 Å². The van der Waals surface area contributed by atoms with Crippen LogP contribution in [0.15, 0.2) is 67.8 Å². The number of anilines is 2. The minimum atomic E-state index is -3.86. The number of thiophene rings is 1. The molecule has 5 nitrogen and oxygen atoms in total. The highest BCUT2D eigenvalue weighted by Crippen LogP contribution is 2.29. The van der Waals surface area contributed by atoms with Crippen molar-refractivity contribution in [2.24, 2.45) is 0 Å². The van der Waals surface area contributed by atoms with Gasteiger partial charge in [-0.2, -0.15) is 0 Å². The molecule has 2 N–H and O–H groups in total. The van der Waals surface area contributed by atoms with Gasteiger partial charge in [-0.1, -0.05) is 43.5 Å². The van der Waals surface area contributed by atoms with Gasteiger partial charge in [0.05, 0.1) is 15.6 Å². The van der Waals surface area contributed by atoms with E-state index in [2.05, 4.69) is 41.9 Å². The Morgan fingerprint density at radius 3 is 2.26 bits per heavy atom. The minimum Gasteiger partial charge on any atom is -0.322 e. The molecule has 3 aromatic rings. The number of amides is 1. The molecule has 0 spiro atoms. The van der Waals surface area contributed by atoms with E-state index in [0.717, 1.165) is 15.8 Å². The first kappa shape index (κ1) is 20.3. The van der Waals surface area contributed by atoms with Crippen molar-refractivity contribution in [3.05, 3.63) is 73.4 Å². The SMILES string of the molecule is O=C(Nc1ccc(Br)cc1)c1cc(Br)ccc1NS(=O)(=O)c1ccc(Cl)s1. The maximum atomic E-state index is 12.7. The quantitative estimate of drug-likeness (QED) is 0.411. The van der Waals surface area contributed by atoms with Crippen LogP contribution in [-0.4, -0.2) is 14.3 Å². The van der Waals surface area contributed by atoms with Gasteiger partial charge in [0.25, 0.3) is 15.9 Å². The second kappa shape index (κ2) is 8.32. The fourth-order valence-corrected chi connectivity index (χ4v) is 5.35. The van der Waals surface area contributed by atoms with Crippen LogP contribution >= 0.6 is 54.8 Å². The zero-order chi connectivity index (χ0) is 19.6. The molecule has 0 saturated heterocycles. The highest BCUT2D eigenvalue weighted by atomic mass is 79.9. The Morgan fingerprint density at radius 2 is 1.63 bits per heavy atom. The highest BCUT2D eigenvalue weighted by Gasteiger charge is 2.21. The normalized spacial score (nSPS) is 11.2. The van der Waals surface area contributed by atoms with Crippen LogP contribution in [0.2, 0.25) is 4.34 Å². The van der Waals surface area contributed by atoms with Gasteiger partial charge in [-0.25, -0.2) is 8.42 Å². The molecule has 0 saturated carbocycles. The predicted molar refractivity (Wildman–Crippen MR) is 116 cm³/mol. The number of hydrogen-bond donors (Lipinski definition) is 2. The molecule has 10 heteroatoms. The van der Waals surface area contributed by atoms with Crippen molar-refractivity contribution in [2.45, 2.75) is 4.21 Å². The number of carbonyl (C=O) groups excluding carboxylic acids is 1. The first-order chi connectivity index (χ1) is 12.7. The lowest BCUT2D eigenvalue weighted by molar-refractivity contribution is 0.102. The zero-order valence-corrected chi connectivity index (χ0v) is 18.9. The molecule has 1 aromatic heterocycles. The lowest BCUT2D eigenvalue weighted by atomic mass is 10.1. The summed E-state index contributed by atoms with van der Waals surface area (Å²) in [6.45, 7) is 0. The van der Waals surface area contributed by atoms with E-state index in [1.165, 1.54) is 18.2 Å². The molecule has 1 heterocycles. The van der Waals surface area contributed by atoms with E-state index in [9.17, 15) is 13.2 Å². The van der Waals surface area contributed by atoms with Crippen LogP contribution < -0.4 is 10.0 Å². The first-order valence-electron chi connectivity index (χ1n) is 7.39. The second-order valence-electron chi connectivity index (χ2n) is 5.31. The molecule has 0 bridgehead atoms. The van der Waals surface area contributed by atoms with Gasteiger partial charge < -0.3 is 5.32 Å². The minimum absolute atomic E-state index is 0.0645. The van der Waals surface area contributed by atoms with Gasteiger partial charge in [-0.3, -0.25) is 9.52 Å². The third-order valence-electron chi connectivity index (χ3n) is 3.39. The summed E-state index contributed by atoms with van der Waals surface area (Å²) in [6.07, 6.45) is 0. The van der Waals surface area contributed by atoms with Crippen molar-refractivity contribution in [1.29, 1.82) is 0 Å². The third-order valence-corrected chi connectivity index (χ3v) is 7.50. The Morgan fingerprint density at radius 1 is 0.963 bits per heavy atom. The molecule has 0 aliphatic heterocycles. The molecule has 0 unspecified atom stereocenters. The number of benzene rings is 2. The van der Waals surface area contributed by atoms with Crippen LogP contribution in [-0.2, 0) is 10.0 Å². The standard InChI is InChI=1S/C17H11Br2ClN2O3S2/c18-10-1-4-12(5-2-10)21-17(23)13-9-11(19)3-6-14(13)22-27(24,25)16-8-7-15(20)26-16/h1-9,22H,(H,21,23). The van der Waals surface area contributed by atoms with Gasteiger partial charge in [0.1, 0.15) is 4.21 Å². The Bertz CT molecular complexity index is 1100. The van der Waals surface area contributed by atoms with Crippen molar-refractivity contribution >= 4 is 82.1 Å². The molecule has 3 rings (SSSR count). The van der Waals surface area contributed by atoms with E-state index >= 15 is 0 Å². The second-order valence-corrected chi connectivity index (χ2v) is 10.8. The molecule has 0 radical (unpaired) electrons. The summed E-state index contributed by atoms with van der Waals surface area (Å²) in [5.74, 6) is -0.444. The average molecular weight is 551 g/mol. The molecule has 0 fully saturated rings. The van der Waals surface area contributed by atoms with E-state index in [4.69, 9.17) is 11.6 Å². The topological polar surface area (TPSA) is 75.3 Å². The lowest BCUT2D eigenvalue weighted by Crippen LogP contribution is -2.18. The largest absolute Gasteiger partial charge is 0.322 e. The van der Waals surface area contributed by atoms with Gasteiger partial charge in [-0.15, -0.1) is 11.3 Å². The smallest absolute Gasteiger partial charge is 0.271 e. The predicted octanol–water partition coefficient (Wildman–Crippen LogP) is 5.98. The van der Waals surface area contributed by atoms with Crippen LogP contribution in [0.3, 0.4) is 0 Å². The number of halogens is 3.